The number of hydrogen-bond donors (Lipinski definition) is 2. The summed E-state index contributed by atoms with van der Waals surface area (Å²) in [6.45, 7) is 3.62. The molecule has 0 fully saturated rings. The zero-order valence-corrected chi connectivity index (χ0v) is 12.7. The topological polar surface area (TPSA) is 50.4 Å². The van der Waals surface area contributed by atoms with Crippen molar-refractivity contribution in [2.24, 2.45) is 0 Å². The van der Waals surface area contributed by atoms with E-state index in [0.717, 1.165) is 24.2 Å². The number of carbonyl (C=O) groups excluding carboxylic acids is 1. The SMILES string of the molecule is COCCCNCC(=O)Nc1cccc(Cl)c1C.Cl. The molecule has 0 spiro atoms. The molecule has 1 aromatic rings. The van der Waals surface area contributed by atoms with Gasteiger partial charge in [-0.1, -0.05) is 17.7 Å². The van der Waals surface area contributed by atoms with Crippen molar-refractivity contribution in [3.63, 3.8) is 0 Å². The van der Waals surface area contributed by atoms with Gasteiger partial charge < -0.3 is 15.4 Å². The fourth-order valence-corrected chi connectivity index (χ4v) is 1.66. The first-order valence-electron chi connectivity index (χ1n) is 5.89. The van der Waals surface area contributed by atoms with Crippen LogP contribution in [0.1, 0.15) is 12.0 Å². The lowest BCUT2D eigenvalue weighted by atomic mass is 10.2. The van der Waals surface area contributed by atoms with Gasteiger partial charge in [0.15, 0.2) is 0 Å². The second-order valence-electron chi connectivity index (χ2n) is 3.98. The number of benzene rings is 1. The van der Waals surface area contributed by atoms with Crippen molar-refractivity contribution in [2.75, 3.05) is 32.1 Å². The van der Waals surface area contributed by atoms with Crippen LogP contribution in [-0.2, 0) is 9.53 Å². The number of ether oxygens (including phenoxy) is 1. The van der Waals surface area contributed by atoms with E-state index in [0.29, 0.717) is 11.6 Å². The summed E-state index contributed by atoms with van der Waals surface area (Å²) in [7, 11) is 1.66. The van der Waals surface area contributed by atoms with Crippen LogP contribution in [0.2, 0.25) is 5.02 Å². The van der Waals surface area contributed by atoms with Crippen LogP contribution in [0, 0.1) is 6.92 Å². The molecule has 19 heavy (non-hydrogen) atoms. The molecule has 1 amide bonds. The van der Waals surface area contributed by atoms with Gasteiger partial charge in [-0.3, -0.25) is 4.79 Å². The summed E-state index contributed by atoms with van der Waals surface area (Å²) in [5.74, 6) is -0.0715. The summed E-state index contributed by atoms with van der Waals surface area (Å²) in [5, 5.41) is 6.53. The van der Waals surface area contributed by atoms with Crippen molar-refractivity contribution in [1.82, 2.24) is 5.32 Å². The molecule has 6 heteroatoms. The molecule has 1 rings (SSSR count). The summed E-state index contributed by atoms with van der Waals surface area (Å²) in [5.41, 5.74) is 1.64. The fraction of sp³-hybridized carbons (Fsp3) is 0.462. The molecule has 0 unspecified atom stereocenters. The highest BCUT2D eigenvalue weighted by Crippen LogP contribution is 2.22. The van der Waals surface area contributed by atoms with Gasteiger partial charge in [0.1, 0.15) is 0 Å². The van der Waals surface area contributed by atoms with Gasteiger partial charge in [-0.2, -0.15) is 0 Å². The third-order valence-corrected chi connectivity index (χ3v) is 2.94. The van der Waals surface area contributed by atoms with Crippen molar-refractivity contribution >= 4 is 35.6 Å². The van der Waals surface area contributed by atoms with Crippen LogP contribution in [0.4, 0.5) is 5.69 Å². The maximum atomic E-state index is 11.7. The maximum absolute atomic E-state index is 11.7. The molecule has 0 radical (unpaired) electrons. The first kappa shape index (κ1) is 18.2. The number of rotatable bonds is 7. The predicted molar refractivity (Wildman–Crippen MR) is 81.4 cm³/mol. The molecule has 0 bridgehead atoms. The van der Waals surface area contributed by atoms with Gasteiger partial charge in [-0.15, -0.1) is 12.4 Å². The second kappa shape index (κ2) is 10.0. The minimum absolute atomic E-state index is 0. The van der Waals surface area contributed by atoms with E-state index in [4.69, 9.17) is 16.3 Å². The highest BCUT2D eigenvalue weighted by atomic mass is 35.5. The molecule has 0 aromatic heterocycles. The fourth-order valence-electron chi connectivity index (χ4n) is 1.48. The Morgan fingerprint density at radius 3 is 2.84 bits per heavy atom. The number of hydrogen-bond acceptors (Lipinski definition) is 3. The maximum Gasteiger partial charge on any atom is 0.238 e. The molecular formula is C13H20Cl2N2O2. The van der Waals surface area contributed by atoms with E-state index in [2.05, 4.69) is 10.6 Å². The number of methoxy groups -OCH3 is 1. The van der Waals surface area contributed by atoms with E-state index in [1.165, 1.54) is 0 Å². The average molecular weight is 307 g/mol. The van der Waals surface area contributed by atoms with Gasteiger partial charge in [-0.25, -0.2) is 0 Å². The Kier molecular flexibility index (Phi) is 9.61. The second-order valence-corrected chi connectivity index (χ2v) is 4.39. The minimum atomic E-state index is -0.0715. The van der Waals surface area contributed by atoms with E-state index < -0.39 is 0 Å². The van der Waals surface area contributed by atoms with Crippen molar-refractivity contribution < 1.29 is 9.53 Å². The third kappa shape index (κ3) is 6.78. The monoisotopic (exact) mass is 306 g/mol. The van der Waals surface area contributed by atoms with Crippen LogP contribution in [0.15, 0.2) is 18.2 Å². The van der Waals surface area contributed by atoms with E-state index in [1.54, 1.807) is 13.2 Å². The Morgan fingerprint density at radius 1 is 1.42 bits per heavy atom. The van der Waals surface area contributed by atoms with Gasteiger partial charge >= 0.3 is 0 Å². The summed E-state index contributed by atoms with van der Waals surface area (Å²) in [6.07, 6.45) is 0.889. The number of halogens is 2. The van der Waals surface area contributed by atoms with Crippen LogP contribution in [0.5, 0.6) is 0 Å². The van der Waals surface area contributed by atoms with Gasteiger partial charge in [-0.05, 0) is 37.6 Å². The van der Waals surface area contributed by atoms with E-state index in [1.807, 2.05) is 19.1 Å². The van der Waals surface area contributed by atoms with E-state index >= 15 is 0 Å². The number of anilines is 1. The molecule has 0 saturated carbocycles. The zero-order valence-electron chi connectivity index (χ0n) is 11.2. The third-order valence-electron chi connectivity index (χ3n) is 2.53. The van der Waals surface area contributed by atoms with Crippen molar-refractivity contribution in [3.8, 4) is 0 Å². The van der Waals surface area contributed by atoms with Gasteiger partial charge in [0.05, 0.1) is 6.54 Å². The lowest BCUT2D eigenvalue weighted by molar-refractivity contribution is -0.115. The summed E-state index contributed by atoms with van der Waals surface area (Å²) < 4.78 is 4.92. The molecule has 0 aliphatic rings. The molecule has 1 aromatic carbocycles. The Morgan fingerprint density at radius 2 is 2.16 bits per heavy atom. The van der Waals surface area contributed by atoms with Gasteiger partial charge in [0.25, 0.3) is 0 Å². The number of nitrogens with one attached hydrogen (secondary N) is 2. The zero-order chi connectivity index (χ0) is 13.4. The molecule has 2 N–H and O–H groups in total. The molecule has 108 valence electrons. The molecule has 0 aliphatic carbocycles. The smallest absolute Gasteiger partial charge is 0.238 e. The van der Waals surface area contributed by atoms with Crippen molar-refractivity contribution in [1.29, 1.82) is 0 Å². The first-order valence-corrected chi connectivity index (χ1v) is 6.27. The predicted octanol–water partition coefficient (Wildman–Crippen LogP) is 2.63. The molecule has 0 heterocycles. The first-order chi connectivity index (χ1) is 8.65. The summed E-state index contributed by atoms with van der Waals surface area (Å²) in [4.78, 5) is 11.7. The van der Waals surface area contributed by atoms with Crippen LogP contribution in [0.25, 0.3) is 0 Å². The summed E-state index contributed by atoms with van der Waals surface area (Å²) >= 11 is 5.98. The lowest BCUT2D eigenvalue weighted by Gasteiger charge is -2.10. The summed E-state index contributed by atoms with van der Waals surface area (Å²) in [6, 6.07) is 5.45. The average Bonchev–Trinajstić information content (AvgIpc) is 2.35. The molecule has 0 saturated heterocycles. The number of carbonyl (C=O) groups is 1. The van der Waals surface area contributed by atoms with Crippen LogP contribution in [-0.4, -0.2) is 32.7 Å². The molecule has 0 aliphatic heterocycles. The Labute approximate surface area is 125 Å². The van der Waals surface area contributed by atoms with Crippen LogP contribution < -0.4 is 10.6 Å². The van der Waals surface area contributed by atoms with Crippen molar-refractivity contribution in [3.05, 3.63) is 28.8 Å². The Bertz CT molecular complexity index is 400. The largest absolute Gasteiger partial charge is 0.385 e. The molecular weight excluding hydrogens is 287 g/mol. The Balaban J connectivity index is 0.00000324. The van der Waals surface area contributed by atoms with E-state index in [9.17, 15) is 4.79 Å². The normalized spacial score (nSPS) is 9.84. The number of amides is 1. The quantitative estimate of drug-likeness (QED) is 0.761. The Hall–Kier alpha value is -0.810. The molecule has 0 atom stereocenters. The van der Waals surface area contributed by atoms with E-state index in [-0.39, 0.29) is 24.9 Å². The standard InChI is InChI=1S/C13H19ClN2O2.ClH/c1-10-11(14)5-3-6-12(10)16-13(17)9-15-7-4-8-18-2;/h3,5-6,15H,4,7-9H2,1-2H3,(H,16,17);1H. The van der Waals surface area contributed by atoms with Crippen LogP contribution in [0.3, 0.4) is 0 Å². The molecule has 4 nitrogen and oxygen atoms in total. The highest BCUT2D eigenvalue weighted by Gasteiger charge is 2.05. The highest BCUT2D eigenvalue weighted by molar-refractivity contribution is 6.31. The minimum Gasteiger partial charge on any atom is -0.385 e. The van der Waals surface area contributed by atoms with Crippen molar-refractivity contribution in [2.45, 2.75) is 13.3 Å². The van der Waals surface area contributed by atoms with Gasteiger partial charge in [0, 0.05) is 24.4 Å². The van der Waals surface area contributed by atoms with Gasteiger partial charge in [0.2, 0.25) is 5.91 Å². The van der Waals surface area contributed by atoms with Crippen LogP contribution >= 0.6 is 24.0 Å². The lowest BCUT2D eigenvalue weighted by Crippen LogP contribution is -2.29.